The van der Waals surface area contributed by atoms with Crippen molar-refractivity contribution in [3.63, 3.8) is 0 Å². The van der Waals surface area contributed by atoms with Crippen molar-refractivity contribution in [1.82, 2.24) is 9.88 Å². The number of aromatic nitrogens is 1. The van der Waals surface area contributed by atoms with Crippen molar-refractivity contribution < 1.29 is 0 Å². The summed E-state index contributed by atoms with van der Waals surface area (Å²) in [6.07, 6.45) is 4.49. The van der Waals surface area contributed by atoms with Crippen LogP contribution in [0.1, 0.15) is 18.9 Å². The minimum Gasteiger partial charge on any atom is -0.347 e. The highest BCUT2D eigenvalue weighted by molar-refractivity contribution is 5.83. The number of hydrogen-bond donors (Lipinski definition) is 1. The Morgan fingerprint density at radius 1 is 1.25 bits per heavy atom. The lowest BCUT2D eigenvalue weighted by molar-refractivity contribution is 0.699. The summed E-state index contributed by atoms with van der Waals surface area (Å²) in [5.74, 6) is 0. The van der Waals surface area contributed by atoms with Crippen molar-refractivity contribution in [3.8, 4) is 0 Å². The second-order valence-corrected chi connectivity index (χ2v) is 4.22. The molecule has 0 spiro atoms. The molecule has 0 aliphatic carbocycles. The summed E-state index contributed by atoms with van der Waals surface area (Å²) in [5.41, 5.74) is 2.87. The van der Waals surface area contributed by atoms with E-state index in [1.807, 2.05) is 7.05 Å². The van der Waals surface area contributed by atoms with E-state index in [1.165, 1.54) is 22.9 Å². The topological polar surface area (TPSA) is 17.0 Å². The number of nitrogens with one attached hydrogen (secondary N) is 1. The molecule has 0 fully saturated rings. The lowest BCUT2D eigenvalue weighted by Crippen LogP contribution is -2.11. The zero-order valence-electron chi connectivity index (χ0n) is 10.2. The summed E-state index contributed by atoms with van der Waals surface area (Å²) in [7, 11) is 2.01. The second kappa shape index (κ2) is 5.17. The van der Waals surface area contributed by atoms with E-state index in [0.29, 0.717) is 0 Å². The summed E-state index contributed by atoms with van der Waals surface area (Å²) < 4.78 is 2.38. The number of aryl methyl sites for hydroxylation is 1. The van der Waals surface area contributed by atoms with Crippen molar-refractivity contribution in [2.75, 3.05) is 13.6 Å². The van der Waals surface area contributed by atoms with E-state index in [0.717, 1.165) is 19.5 Å². The molecule has 2 nitrogen and oxygen atoms in total. The number of nitrogens with zero attached hydrogens (tertiary/aromatic N) is 1. The lowest BCUT2D eigenvalue weighted by Gasteiger charge is -2.08. The Hall–Kier alpha value is -1.28. The number of para-hydroxylation sites is 1. The molecule has 1 heterocycles. The van der Waals surface area contributed by atoms with Gasteiger partial charge in [-0.1, -0.05) is 25.1 Å². The molecule has 0 atom stereocenters. The summed E-state index contributed by atoms with van der Waals surface area (Å²) in [6.45, 7) is 4.37. The van der Waals surface area contributed by atoms with Gasteiger partial charge in [-0.2, -0.15) is 0 Å². The third-order valence-corrected chi connectivity index (χ3v) is 2.98. The molecule has 0 amide bonds. The van der Waals surface area contributed by atoms with Crippen LogP contribution in [0, 0.1) is 0 Å². The molecule has 0 aliphatic rings. The van der Waals surface area contributed by atoms with Crippen LogP contribution in [0.25, 0.3) is 10.9 Å². The van der Waals surface area contributed by atoms with Crippen LogP contribution in [0.5, 0.6) is 0 Å². The van der Waals surface area contributed by atoms with Crippen LogP contribution in [-0.2, 0) is 13.0 Å². The third kappa shape index (κ3) is 2.12. The van der Waals surface area contributed by atoms with Crippen molar-refractivity contribution in [2.24, 2.45) is 0 Å². The van der Waals surface area contributed by atoms with E-state index in [1.54, 1.807) is 0 Å². The molecule has 86 valence electrons. The van der Waals surface area contributed by atoms with Crippen molar-refractivity contribution >= 4 is 10.9 Å². The molecule has 0 unspecified atom stereocenters. The van der Waals surface area contributed by atoms with Crippen LogP contribution in [-0.4, -0.2) is 18.2 Å². The third-order valence-electron chi connectivity index (χ3n) is 2.98. The summed E-state index contributed by atoms with van der Waals surface area (Å²) in [5, 5.41) is 4.58. The molecule has 2 rings (SSSR count). The van der Waals surface area contributed by atoms with E-state index in [2.05, 4.69) is 47.3 Å². The van der Waals surface area contributed by atoms with E-state index in [4.69, 9.17) is 0 Å². The number of likely N-dealkylation sites (N-methyl/N-ethyl adjacent to an activating group) is 1. The minimum absolute atomic E-state index is 1.04. The molecule has 1 aromatic carbocycles. The molecule has 0 bridgehead atoms. The van der Waals surface area contributed by atoms with Gasteiger partial charge in [0.25, 0.3) is 0 Å². The van der Waals surface area contributed by atoms with Crippen LogP contribution < -0.4 is 5.32 Å². The quantitative estimate of drug-likeness (QED) is 0.813. The molecular weight excluding hydrogens is 196 g/mol. The Labute approximate surface area is 97.3 Å². The van der Waals surface area contributed by atoms with Gasteiger partial charge in [0.05, 0.1) is 5.52 Å². The van der Waals surface area contributed by atoms with Crippen LogP contribution in [0.4, 0.5) is 0 Å². The average molecular weight is 216 g/mol. The van der Waals surface area contributed by atoms with Crippen molar-refractivity contribution in [1.29, 1.82) is 0 Å². The predicted molar refractivity (Wildman–Crippen MR) is 69.9 cm³/mol. The molecular formula is C14H20N2. The number of benzene rings is 1. The van der Waals surface area contributed by atoms with Gasteiger partial charge in [-0.05, 0) is 43.5 Å². The smallest absolute Gasteiger partial charge is 0.0513 e. The maximum atomic E-state index is 3.22. The standard InChI is InChI=1S/C14H20N2/c1-3-10-16-11-8-13-6-4-5-12(14(13)16)7-9-15-2/h4-6,8,11,15H,3,7,9-10H2,1-2H3. The van der Waals surface area contributed by atoms with Gasteiger partial charge in [0, 0.05) is 12.7 Å². The zero-order valence-corrected chi connectivity index (χ0v) is 10.2. The van der Waals surface area contributed by atoms with Crippen LogP contribution in [0.2, 0.25) is 0 Å². The molecule has 1 N–H and O–H groups in total. The number of hydrogen-bond acceptors (Lipinski definition) is 1. The van der Waals surface area contributed by atoms with E-state index in [-0.39, 0.29) is 0 Å². The second-order valence-electron chi connectivity index (χ2n) is 4.22. The first-order chi connectivity index (χ1) is 7.86. The van der Waals surface area contributed by atoms with Crippen molar-refractivity contribution in [2.45, 2.75) is 26.3 Å². The first kappa shape index (κ1) is 11.2. The lowest BCUT2D eigenvalue weighted by atomic mass is 10.1. The average Bonchev–Trinajstić information content (AvgIpc) is 2.71. The number of fused-ring (bicyclic) bond motifs is 1. The van der Waals surface area contributed by atoms with Gasteiger partial charge in [0.2, 0.25) is 0 Å². The van der Waals surface area contributed by atoms with Gasteiger partial charge in [0.1, 0.15) is 0 Å². The van der Waals surface area contributed by atoms with Crippen LogP contribution in [0.15, 0.2) is 30.5 Å². The SMILES string of the molecule is CCCn1ccc2cccc(CCNC)c21. The highest BCUT2D eigenvalue weighted by Crippen LogP contribution is 2.21. The first-order valence-corrected chi connectivity index (χ1v) is 6.08. The molecule has 0 aliphatic heterocycles. The fraction of sp³-hybridized carbons (Fsp3) is 0.429. The summed E-state index contributed by atoms with van der Waals surface area (Å²) in [4.78, 5) is 0. The maximum Gasteiger partial charge on any atom is 0.0513 e. The largest absolute Gasteiger partial charge is 0.347 e. The summed E-state index contributed by atoms with van der Waals surface area (Å²) >= 11 is 0. The Morgan fingerprint density at radius 2 is 2.12 bits per heavy atom. The van der Waals surface area contributed by atoms with Gasteiger partial charge < -0.3 is 9.88 Å². The molecule has 2 aromatic rings. The fourth-order valence-electron chi connectivity index (χ4n) is 2.23. The van der Waals surface area contributed by atoms with Gasteiger partial charge in [-0.15, -0.1) is 0 Å². The zero-order chi connectivity index (χ0) is 11.4. The van der Waals surface area contributed by atoms with E-state index < -0.39 is 0 Å². The maximum absolute atomic E-state index is 3.22. The van der Waals surface area contributed by atoms with Gasteiger partial charge in [-0.25, -0.2) is 0 Å². The van der Waals surface area contributed by atoms with E-state index in [9.17, 15) is 0 Å². The van der Waals surface area contributed by atoms with E-state index >= 15 is 0 Å². The normalized spacial score (nSPS) is 11.1. The van der Waals surface area contributed by atoms with Crippen LogP contribution in [0.3, 0.4) is 0 Å². The molecule has 0 radical (unpaired) electrons. The van der Waals surface area contributed by atoms with Crippen LogP contribution >= 0.6 is 0 Å². The minimum atomic E-state index is 1.04. The van der Waals surface area contributed by atoms with Gasteiger partial charge in [0.15, 0.2) is 0 Å². The Bertz CT molecular complexity index is 457. The predicted octanol–water partition coefficient (Wildman–Crippen LogP) is 2.81. The molecule has 2 heteroatoms. The molecule has 0 saturated carbocycles. The fourth-order valence-corrected chi connectivity index (χ4v) is 2.23. The van der Waals surface area contributed by atoms with Gasteiger partial charge >= 0.3 is 0 Å². The molecule has 16 heavy (non-hydrogen) atoms. The Kier molecular flexibility index (Phi) is 3.62. The Balaban J connectivity index is 2.41. The van der Waals surface area contributed by atoms with Crippen molar-refractivity contribution in [3.05, 3.63) is 36.0 Å². The highest BCUT2D eigenvalue weighted by Gasteiger charge is 2.05. The monoisotopic (exact) mass is 216 g/mol. The highest BCUT2D eigenvalue weighted by atomic mass is 14.9. The van der Waals surface area contributed by atoms with Gasteiger partial charge in [-0.3, -0.25) is 0 Å². The Morgan fingerprint density at radius 3 is 2.88 bits per heavy atom. The molecule has 0 saturated heterocycles. The molecule has 1 aromatic heterocycles. The first-order valence-electron chi connectivity index (χ1n) is 6.08. The number of rotatable bonds is 5. The summed E-state index contributed by atoms with van der Waals surface area (Å²) in [6, 6.07) is 8.81.